The maximum Gasteiger partial charge on any atom is 0.494 e. The van der Waals surface area contributed by atoms with Crippen molar-refractivity contribution < 1.29 is 13.7 Å². The van der Waals surface area contributed by atoms with Gasteiger partial charge in [0.15, 0.2) is 0 Å². The fraction of sp³-hybridized carbons (Fsp3) is 0.150. The molecule has 0 amide bonds. The first kappa shape index (κ1) is 28.4. The van der Waals surface area contributed by atoms with E-state index in [0.29, 0.717) is 0 Å². The highest BCUT2D eigenvalue weighted by Gasteiger charge is 2.51. The monoisotopic (exact) mass is 600 g/mol. The first-order valence-corrected chi connectivity index (χ1v) is 15.7. The van der Waals surface area contributed by atoms with E-state index in [1.165, 1.54) is 0 Å². The third-order valence-electron chi connectivity index (χ3n) is 9.34. The quantitative estimate of drug-likeness (QED) is 0.184. The summed E-state index contributed by atoms with van der Waals surface area (Å²) in [6.45, 7) is 8.29. The predicted molar refractivity (Wildman–Crippen MR) is 187 cm³/mol. The van der Waals surface area contributed by atoms with Crippen LogP contribution in [0.3, 0.4) is 0 Å². The first-order valence-electron chi connectivity index (χ1n) is 15.7. The van der Waals surface area contributed by atoms with Crippen LogP contribution in [0.15, 0.2) is 132 Å². The SMILES string of the molecule is CC1(C)OB(c2ccc3oc4c(-c5nc(-c6ccccc6)c(-c6ccccc6)nc5-c5ccccc5)cccc4c3c2)OC1(C)C. The van der Waals surface area contributed by atoms with Crippen LogP contribution in [0.4, 0.5) is 0 Å². The Morgan fingerprint density at radius 1 is 0.500 bits per heavy atom. The second-order valence-corrected chi connectivity index (χ2v) is 12.8. The van der Waals surface area contributed by atoms with Crippen molar-refractivity contribution in [3.63, 3.8) is 0 Å². The zero-order chi connectivity index (χ0) is 31.5. The molecule has 0 unspecified atom stereocenters. The normalized spacial score (nSPS) is 15.5. The number of aromatic nitrogens is 2. The van der Waals surface area contributed by atoms with E-state index >= 15 is 0 Å². The van der Waals surface area contributed by atoms with Gasteiger partial charge in [-0.05, 0) is 45.3 Å². The third kappa shape index (κ3) is 4.73. The fourth-order valence-electron chi connectivity index (χ4n) is 6.14. The van der Waals surface area contributed by atoms with Crippen LogP contribution in [0.25, 0.3) is 67.0 Å². The lowest BCUT2D eigenvalue weighted by molar-refractivity contribution is 0.00578. The molecule has 0 radical (unpaired) electrons. The van der Waals surface area contributed by atoms with E-state index in [2.05, 4.69) is 88.4 Å². The molecule has 46 heavy (non-hydrogen) atoms. The minimum Gasteiger partial charge on any atom is -0.455 e. The fourth-order valence-corrected chi connectivity index (χ4v) is 6.14. The summed E-state index contributed by atoms with van der Waals surface area (Å²) in [5.74, 6) is 0. The van der Waals surface area contributed by atoms with E-state index in [0.717, 1.165) is 72.4 Å². The van der Waals surface area contributed by atoms with E-state index in [-0.39, 0.29) is 0 Å². The summed E-state index contributed by atoms with van der Waals surface area (Å²) in [5.41, 5.74) is 8.76. The zero-order valence-electron chi connectivity index (χ0n) is 26.3. The number of hydrogen-bond acceptors (Lipinski definition) is 5. The highest BCUT2D eigenvalue weighted by atomic mass is 16.7. The summed E-state index contributed by atoms with van der Waals surface area (Å²) >= 11 is 0. The van der Waals surface area contributed by atoms with Crippen LogP contribution in [0.2, 0.25) is 0 Å². The summed E-state index contributed by atoms with van der Waals surface area (Å²) in [6.07, 6.45) is 0. The van der Waals surface area contributed by atoms with Crippen LogP contribution >= 0.6 is 0 Å². The summed E-state index contributed by atoms with van der Waals surface area (Å²) in [4.78, 5) is 10.8. The topological polar surface area (TPSA) is 57.4 Å². The van der Waals surface area contributed by atoms with Gasteiger partial charge >= 0.3 is 7.12 Å². The van der Waals surface area contributed by atoms with E-state index in [4.69, 9.17) is 23.7 Å². The molecule has 5 aromatic carbocycles. The van der Waals surface area contributed by atoms with Gasteiger partial charge in [0.05, 0.1) is 28.3 Å². The van der Waals surface area contributed by atoms with Gasteiger partial charge in [0.1, 0.15) is 16.9 Å². The van der Waals surface area contributed by atoms with Crippen molar-refractivity contribution in [2.75, 3.05) is 0 Å². The number of furan rings is 1. The first-order chi connectivity index (χ1) is 22.3. The van der Waals surface area contributed by atoms with Crippen molar-refractivity contribution >= 4 is 34.5 Å². The van der Waals surface area contributed by atoms with Gasteiger partial charge in [-0.3, -0.25) is 0 Å². The summed E-state index contributed by atoms with van der Waals surface area (Å²) < 4.78 is 19.4. The van der Waals surface area contributed by atoms with Crippen LogP contribution in [-0.2, 0) is 9.31 Å². The van der Waals surface area contributed by atoms with E-state index in [9.17, 15) is 0 Å². The Bertz CT molecular complexity index is 2190. The minimum absolute atomic E-state index is 0.423. The second kappa shape index (κ2) is 10.8. The van der Waals surface area contributed by atoms with Crippen molar-refractivity contribution in [1.29, 1.82) is 0 Å². The maximum absolute atomic E-state index is 6.64. The van der Waals surface area contributed by atoms with Crippen molar-refractivity contribution in [2.24, 2.45) is 0 Å². The lowest BCUT2D eigenvalue weighted by atomic mass is 9.78. The molecule has 0 N–H and O–H groups in total. The van der Waals surface area contributed by atoms with Gasteiger partial charge in [-0.1, -0.05) is 115 Å². The molecule has 0 saturated carbocycles. The van der Waals surface area contributed by atoms with Crippen LogP contribution < -0.4 is 5.46 Å². The molecule has 5 nitrogen and oxygen atoms in total. The van der Waals surface area contributed by atoms with Gasteiger partial charge in [0.2, 0.25) is 0 Å². The molecule has 0 aliphatic carbocycles. The number of rotatable bonds is 5. The Balaban J connectivity index is 1.36. The predicted octanol–water partition coefficient (Wildman–Crippen LogP) is 9.34. The number of nitrogens with zero attached hydrogens (tertiary/aromatic N) is 2. The molecule has 6 heteroatoms. The highest BCUT2D eigenvalue weighted by Crippen LogP contribution is 2.42. The van der Waals surface area contributed by atoms with Crippen molar-refractivity contribution in [2.45, 2.75) is 38.9 Å². The molecule has 3 heterocycles. The summed E-state index contributed by atoms with van der Waals surface area (Å²) in [7, 11) is -0.461. The van der Waals surface area contributed by atoms with Crippen LogP contribution in [0.1, 0.15) is 27.7 Å². The Hall–Kier alpha value is -5.04. The lowest BCUT2D eigenvalue weighted by Gasteiger charge is -2.32. The average molecular weight is 601 g/mol. The van der Waals surface area contributed by atoms with E-state index < -0.39 is 18.3 Å². The molecule has 0 atom stereocenters. The van der Waals surface area contributed by atoms with E-state index in [1.807, 2.05) is 66.7 Å². The van der Waals surface area contributed by atoms with Gasteiger partial charge in [-0.15, -0.1) is 0 Å². The number of para-hydroxylation sites is 1. The van der Waals surface area contributed by atoms with Gasteiger partial charge in [0.25, 0.3) is 0 Å². The van der Waals surface area contributed by atoms with Gasteiger partial charge in [-0.25, -0.2) is 9.97 Å². The lowest BCUT2D eigenvalue weighted by Crippen LogP contribution is -2.41. The van der Waals surface area contributed by atoms with Crippen LogP contribution in [-0.4, -0.2) is 28.3 Å². The molecular weight excluding hydrogens is 567 g/mol. The second-order valence-electron chi connectivity index (χ2n) is 12.8. The van der Waals surface area contributed by atoms with Gasteiger partial charge in [-0.2, -0.15) is 0 Å². The molecule has 1 fully saturated rings. The molecular formula is C40H33BN2O3. The van der Waals surface area contributed by atoms with Crippen LogP contribution in [0, 0.1) is 0 Å². The Morgan fingerprint density at radius 2 is 1.00 bits per heavy atom. The summed E-state index contributed by atoms with van der Waals surface area (Å²) in [6, 6.07) is 43.2. The molecule has 0 bridgehead atoms. The molecule has 1 aliphatic heterocycles. The third-order valence-corrected chi connectivity index (χ3v) is 9.34. The maximum atomic E-state index is 6.64. The minimum atomic E-state index is -0.461. The molecule has 224 valence electrons. The molecule has 2 aromatic heterocycles. The number of fused-ring (bicyclic) bond motifs is 3. The molecule has 1 aliphatic rings. The Labute approximate surface area is 269 Å². The number of hydrogen-bond donors (Lipinski definition) is 0. The largest absolute Gasteiger partial charge is 0.494 e. The van der Waals surface area contributed by atoms with Gasteiger partial charge in [0, 0.05) is 33.0 Å². The zero-order valence-corrected chi connectivity index (χ0v) is 26.3. The number of benzene rings is 5. The molecule has 1 saturated heterocycles. The Kier molecular flexibility index (Phi) is 6.68. The van der Waals surface area contributed by atoms with Crippen LogP contribution in [0.5, 0.6) is 0 Å². The Morgan fingerprint density at radius 3 is 1.54 bits per heavy atom. The van der Waals surface area contributed by atoms with Crippen molar-refractivity contribution in [3.8, 4) is 45.0 Å². The van der Waals surface area contributed by atoms with Crippen molar-refractivity contribution in [3.05, 3.63) is 127 Å². The highest BCUT2D eigenvalue weighted by molar-refractivity contribution is 6.62. The molecule has 8 rings (SSSR count). The average Bonchev–Trinajstić information content (AvgIpc) is 3.57. The molecule has 7 aromatic rings. The van der Waals surface area contributed by atoms with Gasteiger partial charge < -0.3 is 13.7 Å². The standard InChI is InChI=1S/C40H33BN2O3/c1-39(2)40(3,4)46-41(45-39)29-23-24-33-32(25-29)30-21-14-22-31(38(30)44-33)37-36(28-19-12-7-13-20-28)42-34(26-15-8-5-9-16-26)35(43-37)27-17-10-6-11-18-27/h5-25H,1-4H3. The smallest absolute Gasteiger partial charge is 0.455 e. The summed E-state index contributed by atoms with van der Waals surface area (Å²) in [5, 5.41) is 2.00. The van der Waals surface area contributed by atoms with E-state index in [1.54, 1.807) is 0 Å². The van der Waals surface area contributed by atoms with Crippen molar-refractivity contribution in [1.82, 2.24) is 9.97 Å². The molecule has 0 spiro atoms.